The number of nitrogens with two attached hydrogens (primary N) is 1. The quantitative estimate of drug-likeness (QED) is 0.833. The van der Waals surface area contributed by atoms with Gasteiger partial charge in [-0.15, -0.1) is 0 Å². The van der Waals surface area contributed by atoms with Crippen molar-refractivity contribution in [1.82, 2.24) is 0 Å². The van der Waals surface area contributed by atoms with Crippen LogP contribution in [0.4, 0.5) is 5.69 Å². The molecule has 0 amide bonds. The van der Waals surface area contributed by atoms with E-state index in [1.54, 1.807) is 18.2 Å². The predicted octanol–water partition coefficient (Wildman–Crippen LogP) is 3.95. The molecule has 24 heavy (non-hydrogen) atoms. The zero-order valence-electron chi connectivity index (χ0n) is 13.6. The van der Waals surface area contributed by atoms with Crippen molar-refractivity contribution in [3.63, 3.8) is 0 Å². The van der Waals surface area contributed by atoms with Crippen LogP contribution in [0.25, 0.3) is 0 Å². The zero-order chi connectivity index (χ0) is 17.0. The Morgan fingerprint density at radius 2 is 1.71 bits per heavy atom. The van der Waals surface area contributed by atoms with Gasteiger partial charge < -0.3 is 10.5 Å². The van der Waals surface area contributed by atoms with Crippen LogP contribution in [0.2, 0.25) is 0 Å². The number of ether oxygens (including phenoxy) is 1. The largest absolute Gasteiger partial charge is 0.487 e. The fourth-order valence-corrected chi connectivity index (χ4v) is 4.99. The van der Waals surface area contributed by atoms with Crippen molar-refractivity contribution < 1.29 is 13.2 Å². The van der Waals surface area contributed by atoms with E-state index in [1.165, 1.54) is 0 Å². The van der Waals surface area contributed by atoms with E-state index in [0.717, 1.165) is 37.7 Å². The van der Waals surface area contributed by atoms with Crippen LogP contribution in [-0.2, 0) is 16.4 Å². The summed E-state index contributed by atoms with van der Waals surface area (Å²) in [6.45, 7) is 0.359. The van der Waals surface area contributed by atoms with Gasteiger partial charge in [0.15, 0.2) is 9.84 Å². The summed E-state index contributed by atoms with van der Waals surface area (Å²) >= 11 is 0. The van der Waals surface area contributed by atoms with Crippen LogP contribution in [0.15, 0.2) is 53.4 Å². The Morgan fingerprint density at radius 1 is 1.00 bits per heavy atom. The summed E-state index contributed by atoms with van der Waals surface area (Å²) in [6.07, 6.45) is 4.57. The molecular weight excluding hydrogens is 322 g/mol. The molecule has 0 radical (unpaired) electrons. The average molecular weight is 345 g/mol. The lowest BCUT2D eigenvalue weighted by molar-refractivity contribution is 0.307. The molecule has 1 fully saturated rings. The van der Waals surface area contributed by atoms with Gasteiger partial charge in [-0.3, -0.25) is 0 Å². The Labute approximate surface area is 143 Å². The smallest absolute Gasteiger partial charge is 0.181 e. The van der Waals surface area contributed by atoms with Gasteiger partial charge in [0, 0.05) is 6.07 Å². The van der Waals surface area contributed by atoms with Crippen LogP contribution in [0, 0.1) is 0 Å². The Hall–Kier alpha value is -2.01. The maximum atomic E-state index is 12.8. The Morgan fingerprint density at radius 3 is 2.42 bits per heavy atom. The summed E-state index contributed by atoms with van der Waals surface area (Å²) in [5, 5.41) is -0.281. The normalized spacial score (nSPS) is 16.0. The lowest BCUT2D eigenvalue weighted by atomic mass is 10.0. The minimum atomic E-state index is -3.32. The van der Waals surface area contributed by atoms with Gasteiger partial charge in [0.05, 0.1) is 15.8 Å². The number of hydrogen-bond acceptors (Lipinski definition) is 4. The molecule has 1 aliphatic rings. The summed E-state index contributed by atoms with van der Waals surface area (Å²) in [6, 6.07) is 14.5. The van der Waals surface area contributed by atoms with E-state index in [0.29, 0.717) is 22.9 Å². The third-order valence-corrected chi connectivity index (χ3v) is 6.80. The predicted molar refractivity (Wildman–Crippen MR) is 95.7 cm³/mol. The SMILES string of the molecule is Nc1ccc(S(=O)(=O)C2CCCCC2)cc1OCc1ccccc1. The lowest BCUT2D eigenvalue weighted by Crippen LogP contribution is -2.24. The first-order valence-electron chi connectivity index (χ1n) is 8.37. The third kappa shape index (κ3) is 3.73. The Bertz CT molecular complexity index is 782. The van der Waals surface area contributed by atoms with E-state index < -0.39 is 9.84 Å². The maximum Gasteiger partial charge on any atom is 0.181 e. The molecule has 3 rings (SSSR count). The Kier molecular flexibility index (Phi) is 5.09. The van der Waals surface area contributed by atoms with Crippen molar-refractivity contribution in [2.75, 3.05) is 5.73 Å². The third-order valence-electron chi connectivity index (χ3n) is 4.54. The van der Waals surface area contributed by atoms with Crippen LogP contribution in [-0.4, -0.2) is 13.7 Å². The van der Waals surface area contributed by atoms with Crippen LogP contribution in [0.5, 0.6) is 5.75 Å². The highest BCUT2D eigenvalue weighted by Gasteiger charge is 2.29. The Balaban J connectivity index is 1.80. The van der Waals surface area contributed by atoms with Gasteiger partial charge in [0.1, 0.15) is 12.4 Å². The number of sulfone groups is 1. The summed E-state index contributed by atoms with van der Waals surface area (Å²) in [5.74, 6) is 0.427. The standard InChI is InChI=1S/C19H23NO3S/c20-18-12-11-17(24(21,22)16-9-5-2-6-10-16)13-19(18)23-14-15-7-3-1-4-8-15/h1,3-4,7-8,11-13,16H,2,5-6,9-10,14,20H2. The first-order valence-corrected chi connectivity index (χ1v) is 9.92. The summed E-state index contributed by atoms with van der Waals surface area (Å²) in [4.78, 5) is 0.312. The molecule has 0 heterocycles. The first kappa shape index (κ1) is 16.8. The van der Waals surface area contributed by atoms with Crippen LogP contribution in [0.1, 0.15) is 37.7 Å². The molecule has 0 atom stereocenters. The molecule has 2 N–H and O–H groups in total. The monoisotopic (exact) mass is 345 g/mol. The summed E-state index contributed by atoms with van der Waals surface area (Å²) < 4.78 is 31.4. The second kappa shape index (κ2) is 7.26. The molecule has 128 valence electrons. The van der Waals surface area contributed by atoms with Gasteiger partial charge in [0.2, 0.25) is 0 Å². The van der Waals surface area contributed by atoms with E-state index in [4.69, 9.17) is 10.5 Å². The summed E-state index contributed by atoms with van der Waals surface area (Å²) in [5.41, 5.74) is 7.42. The van der Waals surface area contributed by atoms with Crippen molar-refractivity contribution in [2.45, 2.75) is 48.9 Å². The first-order chi connectivity index (χ1) is 11.6. The molecule has 0 aromatic heterocycles. The molecule has 0 unspecified atom stereocenters. The number of hydrogen-bond donors (Lipinski definition) is 1. The summed E-state index contributed by atoms with van der Waals surface area (Å²) in [7, 11) is -3.32. The topological polar surface area (TPSA) is 69.4 Å². The fraction of sp³-hybridized carbons (Fsp3) is 0.368. The van der Waals surface area contributed by atoms with Gasteiger partial charge >= 0.3 is 0 Å². The van der Waals surface area contributed by atoms with E-state index in [9.17, 15) is 8.42 Å². The van der Waals surface area contributed by atoms with E-state index in [2.05, 4.69) is 0 Å². The molecule has 0 saturated heterocycles. The zero-order valence-corrected chi connectivity index (χ0v) is 14.5. The van der Waals surface area contributed by atoms with Crippen LogP contribution >= 0.6 is 0 Å². The number of benzene rings is 2. The molecule has 2 aromatic rings. The highest BCUT2D eigenvalue weighted by Crippen LogP contribution is 2.32. The molecule has 1 aliphatic carbocycles. The molecule has 0 aliphatic heterocycles. The number of rotatable bonds is 5. The van der Waals surface area contributed by atoms with Crippen LogP contribution in [0.3, 0.4) is 0 Å². The molecule has 0 spiro atoms. The minimum absolute atomic E-state index is 0.281. The molecule has 4 nitrogen and oxygen atoms in total. The molecule has 5 heteroatoms. The molecule has 0 bridgehead atoms. The number of anilines is 1. The molecule has 2 aromatic carbocycles. The lowest BCUT2D eigenvalue weighted by Gasteiger charge is -2.22. The van der Waals surface area contributed by atoms with Gasteiger partial charge in [-0.1, -0.05) is 49.6 Å². The minimum Gasteiger partial charge on any atom is -0.487 e. The van der Waals surface area contributed by atoms with E-state index in [1.807, 2.05) is 30.3 Å². The van der Waals surface area contributed by atoms with Gasteiger partial charge in [-0.25, -0.2) is 8.42 Å². The van der Waals surface area contributed by atoms with E-state index in [-0.39, 0.29) is 5.25 Å². The second-order valence-corrected chi connectivity index (χ2v) is 8.51. The molecular formula is C19H23NO3S. The van der Waals surface area contributed by atoms with Crippen LogP contribution < -0.4 is 10.5 Å². The average Bonchev–Trinajstić information content (AvgIpc) is 2.62. The van der Waals surface area contributed by atoms with Crippen molar-refractivity contribution in [2.24, 2.45) is 0 Å². The molecule has 1 saturated carbocycles. The fourth-order valence-electron chi connectivity index (χ4n) is 3.12. The van der Waals surface area contributed by atoms with Crippen molar-refractivity contribution in [1.29, 1.82) is 0 Å². The second-order valence-electron chi connectivity index (χ2n) is 6.28. The highest BCUT2D eigenvalue weighted by atomic mass is 32.2. The van der Waals surface area contributed by atoms with Crippen molar-refractivity contribution in [3.8, 4) is 5.75 Å². The van der Waals surface area contributed by atoms with Gasteiger partial charge in [-0.05, 0) is 30.5 Å². The van der Waals surface area contributed by atoms with Crippen molar-refractivity contribution in [3.05, 3.63) is 54.1 Å². The van der Waals surface area contributed by atoms with Gasteiger partial charge in [0.25, 0.3) is 0 Å². The number of nitrogen functional groups attached to an aromatic ring is 1. The van der Waals surface area contributed by atoms with Gasteiger partial charge in [-0.2, -0.15) is 0 Å². The van der Waals surface area contributed by atoms with E-state index >= 15 is 0 Å². The maximum absolute atomic E-state index is 12.8. The van der Waals surface area contributed by atoms with Crippen molar-refractivity contribution >= 4 is 15.5 Å². The highest BCUT2D eigenvalue weighted by molar-refractivity contribution is 7.92.